The van der Waals surface area contributed by atoms with Crippen molar-refractivity contribution in [1.29, 1.82) is 0 Å². The standard InChI is InChI=1S/C16H11Cl2IN2/c17-13-5-3-10(16-12(13)2-1-7-20-16)9-21-15-6-4-11(19)8-14(15)18/h1-8,21H,9H2. The molecule has 0 bridgehead atoms. The second-order valence-corrected chi connectivity index (χ2v) is 6.64. The quantitative estimate of drug-likeness (QED) is 0.536. The van der Waals surface area contributed by atoms with Crippen LogP contribution in [0.3, 0.4) is 0 Å². The van der Waals surface area contributed by atoms with Crippen LogP contribution in [0.5, 0.6) is 0 Å². The van der Waals surface area contributed by atoms with Crippen molar-refractivity contribution in [2.45, 2.75) is 6.54 Å². The Morgan fingerprint density at radius 3 is 2.71 bits per heavy atom. The molecule has 1 N–H and O–H groups in total. The summed E-state index contributed by atoms with van der Waals surface area (Å²) in [4.78, 5) is 4.43. The van der Waals surface area contributed by atoms with E-state index in [0.717, 1.165) is 25.7 Å². The fraction of sp³-hybridized carbons (Fsp3) is 0.0625. The molecule has 3 rings (SSSR count). The van der Waals surface area contributed by atoms with E-state index in [2.05, 4.69) is 32.9 Å². The zero-order valence-electron chi connectivity index (χ0n) is 10.9. The van der Waals surface area contributed by atoms with E-state index in [1.165, 1.54) is 0 Å². The maximum absolute atomic E-state index is 6.24. The van der Waals surface area contributed by atoms with E-state index in [4.69, 9.17) is 23.2 Å². The summed E-state index contributed by atoms with van der Waals surface area (Å²) in [6, 6.07) is 13.7. The minimum Gasteiger partial charge on any atom is -0.380 e. The van der Waals surface area contributed by atoms with E-state index in [1.54, 1.807) is 6.20 Å². The number of fused-ring (bicyclic) bond motifs is 1. The molecule has 0 saturated carbocycles. The number of benzene rings is 2. The van der Waals surface area contributed by atoms with Crippen molar-refractivity contribution in [1.82, 2.24) is 4.98 Å². The topological polar surface area (TPSA) is 24.9 Å². The largest absolute Gasteiger partial charge is 0.380 e. The number of hydrogen-bond donors (Lipinski definition) is 1. The fourth-order valence-corrected chi connectivity index (χ4v) is 3.30. The van der Waals surface area contributed by atoms with Gasteiger partial charge in [-0.05, 0) is 64.6 Å². The molecule has 106 valence electrons. The van der Waals surface area contributed by atoms with E-state index in [0.29, 0.717) is 16.6 Å². The first-order chi connectivity index (χ1) is 10.1. The smallest absolute Gasteiger partial charge is 0.0766 e. The second-order valence-electron chi connectivity index (χ2n) is 4.58. The van der Waals surface area contributed by atoms with Gasteiger partial charge in [-0.2, -0.15) is 0 Å². The van der Waals surface area contributed by atoms with Crippen molar-refractivity contribution >= 4 is 62.4 Å². The zero-order chi connectivity index (χ0) is 14.8. The third-order valence-electron chi connectivity index (χ3n) is 3.20. The number of nitrogens with zero attached hydrogens (tertiary/aromatic N) is 1. The van der Waals surface area contributed by atoms with Crippen molar-refractivity contribution in [3.05, 3.63) is 67.8 Å². The van der Waals surface area contributed by atoms with Gasteiger partial charge in [-0.3, -0.25) is 4.98 Å². The summed E-state index contributed by atoms with van der Waals surface area (Å²) >= 11 is 14.7. The van der Waals surface area contributed by atoms with Crippen LogP contribution in [0, 0.1) is 3.57 Å². The molecular formula is C16H11Cl2IN2. The number of aromatic nitrogens is 1. The monoisotopic (exact) mass is 428 g/mol. The molecule has 0 atom stereocenters. The summed E-state index contributed by atoms with van der Waals surface area (Å²) in [5, 5.41) is 5.75. The molecule has 2 aromatic carbocycles. The van der Waals surface area contributed by atoms with Crippen LogP contribution < -0.4 is 5.32 Å². The number of pyridine rings is 1. The Labute approximate surface area is 146 Å². The first-order valence-electron chi connectivity index (χ1n) is 6.36. The highest BCUT2D eigenvalue weighted by Gasteiger charge is 2.07. The number of hydrogen-bond acceptors (Lipinski definition) is 2. The molecule has 0 aliphatic carbocycles. The molecule has 0 fully saturated rings. The van der Waals surface area contributed by atoms with Gasteiger partial charge in [0.2, 0.25) is 0 Å². The van der Waals surface area contributed by atoms with Gasteiger partial charge in [-0.1, -0.05) is 29.3 Å². The van der Waals surface area contributed by atoms with E-state index < -0.39 is 0 Å². The summed E-state index contributed by atoms with van der Waals surface area (Å²) < 4.78 is 1.11. The number of rotatable bonds is 3. The lowest BCUT2D eigenvalue weighted by atomic mass is 10.1. The first-order valence-corrected chi connectivity index (χ1v) is 8.19. The summed E-state index contributed by atoms with van der Waals surface area (Å²) in [5.41, 5.74) is 2.92. The van der Waals surface area contributed by atoms with Crippen LogP contribution in [0.2, 0.25) is 10.0 Å². The lowest BCUT2D eigenvalue weighted by molar-refractivity contribution is 1.15. The van der Waals surface area contributed by atoms with E-state index in [9.17, 15) is 0 Å². The SMILES string of the molecule is Clc1cc(I)ccc1NCc1ccc(Cl)c2cccnc12. The minimum atomic E-state index is 0.644. The minimum absolute atomic E-state index is 0.644. The third-order valence-corrected chi connectivity index (χ3v) is 4.51. The maximum atomic E-state index is 6.24. The Morgan fingerprint density at radius 2 is 1.90 bits per heavy atom. The van der Waals surface area contributed by atoms with Crippen LogP contribution in [0.15, 0.2) is 48.7 Å². The average Bonchev–Trinajstić information content (AvgIpc) is 2.48. The predicted molar refractivity (Wildman–Crippen MR) is 98.2 cm³/mol. The average molecular weight is 429 g/mol. The van der Waals surface area contributed by atoms with Crippen LogP contribution in [0.1, 0.15) is 5.56 Å². The third kappa shape index (κ3) is 3.25. The summed E-state index contributed by atoms with van der Waals surface area (Å²) in [6.07, 6.45) is 1.78. The van der Waals surface area contributed by atoms with Crippen molar-refractivity contribution in [3.8, 4) is 0 Å². The number of halogens is 3. The molecule has 0 unspecified atom stereocenters. The summed E-state index contributed by atoms with van der Waals surface area (Å²) in [5.74, 6) is 0. The molecule has 1 aromatic heterocycles. The van der Waals surface area contributed by atoms with Crippen LogP contribution in [0.4, 0.5) is 5.69 Å². The van der Waals surface area contributed by atoms with Gasteiger partial charge in [0, 0.05) is 26.7 Å². The Balaban J connectivity index is 1.90. The second kappa shape index (κ2) is 6.38. The Morgan fingerprint density at radius 1 is 1.05 bits per heavy atom. The molecule has 3 aromatic rings. The van der Waals surface area contributed by atoms with Gasteiger partial charge < -0.3 is 5.32 Å². The molecule has 1 heterocycles. The number of anilines is 1. The molecule has 0 spiro atoms. The fourth-order valence-electron chi connectivity index (χ4n) is 2.16. The van der Waals surface area contributed by atoms with Crippen LogP contribution in [0.25, 0.3) is 10.9 Å². The number of nitrogens with one attached hydrogen (secondary N) is 1. The molecule has 21 heavy (non-hydrogen) atoms. The highest BCUT2D eigenvalue weighted by molar-refractivity contribution is 14.1. The van der Waals surface area contributed by atoms with Crippen LogP contribution in [-0.2, 0) is 6.54 Å². The Bertz CT molecular complexity index is 805. The lowest BCUT2D eigenvalue weighted by Crippen LogP contribution is -2.01. The van der Waals surface area contributed by atoms with Crippen LogP contribution >= 0.6 is 45.8 Å². The van der Waals surface area contributed by atoms with Gasteiger partial charge in [0.15, 0.2) is 0 Å². The van der Waals surface area contributed by atoms with Gasteiger partial charge in [-0.25, -0.2) is 0 Å². The summed E-state index contributed by atoms with van der Waals surface area (Å²) in [6.45, 7) is 0.644. The van der Waals surface area contributed by atoms with Crippen molar-refractivity contribution in [3.63, 3.8) is 0 Å². The molecule has 2 nitrogen and oxygen atoms in total. The Hall–Kier alpha value is -1.04. The Kier molecular flexibility index (Phi) is 4.52. The molecule has 0 aliphatic heterocycles. The summed E-state index contributed by atoms with van der Waals surface area (Å²) in [7, 11) is 0. The maximum Gasteiger partial charge on any atom is 0.0766 e. The van der Waals surface area contributed by atoms with Crippen molar-refractivity contribution in [2.24, 2.45) is 0 Å². The molecule has 0 saturated heterocycles. The molecule has 0 aliphatic rings. The van der Waals surface area contributed by atoms with Gasteiger partial charge >= 0.3 is 0 Å². The van der Waals surface area contributed by atoms with Gasteiger partial charge in [0.05, 0.1) is 16.2 Å². The van der Waals surface area contributed by atoms with E-state index in [1.807, 2.05) is 42.5 Å². The highest BCUT2D eigenvalue weighted by Crippen LogP contribution is 2.27. The van der Waals surface area contributed by atoms with Crippen molar-refractivity contribution < 1.29 is 0 Å². The van der Waals surface area contributed by atoms with Gasteiger partial charge in [-0.15, -0.1) is 0 Å². The predicted octanol–water partition coefficient (Wildman–Crippen LogP) is 5.76. The van der Waals surface area contributed by atoms with E-state index >= 15 is 0 Å². The molecule has 5 heteroatoms. The first kappa shape index (κ1) is 14.9. The lowest BCUT2D eigenvalue weighted by Gasteiger charge is -2.11. The zero-order valence-corrected chi connectivity index (χ0v) is 14.6. The molecule has 0 radical (unpaired) electrons. The van der Waals surface area contributed by atoms with Gasteiger partial charge in [0.25, 0.3) is 0 Å². The van der Waals surface area contributed by atoms with E-state index in [-0.39, 0.29) is 0 Å². The molecular weight excluding hydrogens is 418 g/mol. The normalized spacial score (nSPS) is 10.8. The van der Waals surface area contributed by atoms with Crippen molar-refractivity contribution in [2.75, 3.05) is 5.32 Å². The molecule has 0 amide bonds. The highest BCUT2D eigenvalue weighted by atomic mass is 127. The van der Waals surface area contributed by atoms with Crippen LogP contribution in [-0.4, -0.2) is 4.98 Å². The van der Waals surface area contributed by atoms with Gasteiger partial charge in [0.1, 0.15) is 0 Å².